The van der Waals surface area contributed by atoms with Crippen LogP contribution >= 0.6 is 0 Å². The van der Waals surface area contributed by atoms with Crippen LogP contribution in [-0.2, 0) is 56.8 Å². The van der Waals surface area contributed by atoms with Crippen molar-refractivity contribution in [2.75, 3.05) is 33.0 Å². The number of hydrogen-bond acceptors (Lipinski definition) is 25. The molecule has 0 radical (unpaired) electrons. The second-order valence-electron chi connectivity index (χ2n) is 26.2. The van der Waals surface area contributed by atoms with Crippen LogP contribution in [-0.4, -0.2) is 259 Å². The van der Waals surface area contributed by atoms with Crippen LogP contribution < -0.4 is 0 Å². The monoisotopic (exact) mass is 1150 g/mol. The Kier molecular flexibility index (Phi) is 17.9. The normalized spacial score (nSPS) is 58.1. The fourth-order valence-electron chi connectivity index (χ4n) is 17.0. The predicted molar refractivity (Wildman–Crippen MR) is 267 cm³/mol. The number of ether oxygens (including phenoxy) is 12. The van der Waals surface area contributed by atoms with Gasteiger partial charge >= 0.3 is 0 Å². The molecule has 4 saturated carbocycles. The third-order valence-electron chi connectivity index (χ3n) is 21.7. The molecule has 0 bridgehead atoms. The summed E-state index contributed by atoms with van der Waals surface area (Å²) >= 11 is 0. The minimum absolute atomic E-state index is 0.0136. The molecule has 13 N–H and O–H groups in total. The molecule has 460 valence electrons. The Morgan fingerprint density at radius 3 is 1.73 bits per heavy atom. The standard InChI is InChI=1S/C55H90O25/c1-21-8-13-55(71-18-21)22(2)34-31(80-55)15-28-26-7-6-24-14-25(9-11-53(24,4)27(26)10-12-54(28,34)5)73-51-46(78-50-42(67)39(64)35(60)23(3)72-50)43(68)44(33(17-57)75-51)76-52-47(79-49-41(66)37(62)30(59)20-70-49)45(38(63)32(16-56)74-52)77-48-40(65)36(61)29(58)19-69-48/h21-52,56-68H,6-20H2,1-5H3/t21-,22+,23+,24+,25+,26?,27?,28?,29-,30-,31?,32-,33-,34?,35+,36+,37+,38-,39-,40-,41-,42-,43+,44+,45+,46-,47-,48+,49+,50+,51-,52+,53+,54+,55-/m1/s1. The zero-order valence-corrected chi connectivity index (χ0v) is 46.3. The van der Waals surface area contributed by atoms with Gasteiger partial charge in [0.15, 0.2) is 37.2 Å². The van der Waals surface area contributed by atoms with Crippen molar-refractivity contribution in [2.24, 2.45) is 52.3 Å². The summed E-state index contributed by atoms with van der Waals surface area (Å²) in [5.74, 6) is 2.69. The molecule has 0 aromatic heterocycles. The van der Waals surface area contributed by atoms with Gasteiger partial charge in [0.05, 0.1) is 51.3 Å². The number of hydrogen-bond donors (Lipinski definition) is 13. The van der Waals surface area contributed by atoms with Gasteiger partial charge in [-0.3, -0.25) is 0 Å². The van der Waals surface area contributed by atoms with Crippen LogP contribution in [0.1, 0.15) is 98.8 Å². The second kappa shape index (κ2) is 23.6. The Morgan fingerprint density at radius 2 is 1.07 bits per heavy atom. The van der Waals surface area contributed by atoms with E-state index >= 15 is 0 Å². The highest BCUT2D eigenvalue weighted by molar-refractivity contribution is 5.16. The lowest BCUT2D eigenvalue weighted by Crippen LogP contribution is -2.68. The zero-order chi connectivity index (χ0) is 57.1. The minimum Gasteiger partial charge on any atom is -0.394 e. The van der Waals surface area contributed by atoms with Gasteiger partial charge in [-0.15, -0.1) is 0 Å². The molecule has 80 heavy (non-hydrogen) atoms. The van der Waals surface area contributed by atoms with Crippen LogP contribution in [0.25, 0.3) is 0 Å². The highest BCUT2D eigenvalue weighted by atomic mass is 16.8. The van der Waals surface area contributed by atoms with Crippen molar-refractivity contribution in [1.29, 1.82) is 0 Å². The second-order valence-corrected chi connectivity index (χ2v) is 26.2. The first kappa shape index (κ1) is 60.7. The molecule has 7 saturated heterocycles. The number of rotatable bonds is 12. The average molecular weight is 1150 g/mol. The molecule has 7 heterocycles. The van der Waals surface area contributed by atoms with Crippen molar-refractivity contribution in [3.05, 3.63) is 0 Å². The Labute approximate surface area is 465 Å². The molecule has 11 aliphatic rings. The summed E-state index contributed by atoms with van der Waals surface area (Å²) in [7, 11) is 0. The van der Waals surface area contributed by atoms with Crippen LogP contribution in [0.4, 0.5) is 0 Å². The molecule has 35 atom stereocenters. The molecule has 4 aliphatic carbocycles. The van der Waals surface area contributed by atoms with E-state index in [1.807, 2.05) is 0 Å². The zero-order valence-electron chi connectivity index (χ0n) is 46.3. The SMILES string of the molecule is C[C@@H]1CC[C@@]2(OC1)OC1CC3C4CC[C@H]5C[C@@H](O[C@@H]6O[C@H](CO)[C@H](O[C@@H]7O[C@H](CO)[C@@H](O)[C@H](O[C@@H]8OC[C@@H](O)[C@H](O)[C@H]8O)[C@H]7O[C@@H]7OC[C@@H](O)[C@H](O)[C@H]7O)[C@H](O)[C@H]6O[C@@H]6O[C@@H](C)[C@H](O)[C@@H](O)[C@H]6O)CC[C@]5(C)C4CC[C@]3(C)C1[C@@H]2C. The first-order valence-corrected chi connectivity index (χ1v) is 29.5. The van der Waals surface area contributed by atoms with Gasteiger partial charge in [0.2, 0.25) is 0 Å². The van der Waals surface area contributed by atoms with E-state index in [9.17, 15) is 66.4 Å². The van der Waals surface area contributed by atoms with Crippen LogP contribution in [0.5, 0.6) is 0 Å². The molecule has 1 spiro atoms. The van der Waals surface area contributed by atoms with Gasteiger partial charge in [-0.1, -0.05) is 27.7 Å². The van der Waals surface area contributed by atoms with Crippen molar-refractivity contribution in [1.82, 2.24) is 0 Å². The Bertz CT molecular complexity index is 2080. The maximum absolute atomic E-state index is 12.6. The van der Waals surface area contributed by atoms with Crippen molar-refractivity contribution in [3.63, 3.8) is 0 Å². The minimum atomic E-state index is -1.93. The van der Waals surface area contributed by atoms with Crippen LogP contribution in [0, 0.1) is 52.3 Å². The summed E-state index contributed by atoms with van der Waals surface area (Å²) in [6, 6.07) is 0. The molecule has 11 rings (SSSR count). The summed E-state index contributed by atoms with van der Waals surface area (Å²) in [5.41, 5.74) is 0.170. The van der Waals surface area contributed by atoms with E-state index in [4.69, 9.17) is 56.8 Å². The predicted octanol–water partition coefficient (Wildman–Crippen LogP) is -2.78. The fraction of sp³-hybridized carbons (Fsp3) is 1.00. The topological polar surface area (TPSA) is 374 Å². The highest BCUT2D eigenvalue weighted by Gasteiger charge is 2.69. The third kappa shape index (κ3) is 10.6. The van der Waals surface area contributed by atoms with Gasteiger partial charge < -0.3 is 123 Å². The van der Waals surface area contributed by atoms with Crippen molar-refractivity contribution in [3.8, 4) is 0 Å². The van der Waals surface area contributed by atoms with Crippen LogP contribution in [0.3, 0.4) is 0 Å². The first-order valence-electron chi connectivity index (χ1n) is 29.5. The molecule has 11 fully saturated rings. The smallest absolute Gasteiger partial charge is 0.187 e. The maximum Gasteiger partial charge on any atom is 0.187 e. The fourth-order valence-corrected chi connectivity index (χ4v) is 17.0. The number of aliphatic hydroxyl groups excluding tert-OH is 13. The van der Waals surface area contributed by atoms with E-state index < -0.39 is 180 Å². The number of aliphatic hydroxyl groups is 13. The lowest BCUT2D eigenvalue weighted by molar-refractivity contribution is -0.408. The average Bonchev–Trinajstić information content (AvgIpc) is 4.13. The Balaban J connectivity index is 0.830. The first-order chi connectivity index (χ1) is 38.0. The van der Waals surface area contributed by atoms with Gasteiger partial charge in [-0.2, -0.15) is 0 Å². The quantitative estimate of drug-likeness (QED) is 0.0879. The van der Waals surface area contributed by atoms with E-state index in [2.05, 4.69) is 27.7 Å². The summed E-state index contributed by atoms with van der Waals surface area (Å²) in [5, 5.41) is 142. The highest BCUT2D eigenvalue weighted by Crippen LogP contribution is 2.71. The van der Waals surface area contributed by atoms with Crippen molar-refractivity contribution >= 4 is 0 Å². The molecule has 5 unspecified atom stereocenters. The Morgan fingerprint density at radius 1 is 0.475 bits per heavy atom. The molecule has 0 aromatic carbocycles. The van der Waals surface area contributed by atoms with Crippen molar-refractivity contribution in [2.45, 2.75) is 258 Å². The molecule has 0 aromatic rings. The van der Waals surface area contributed by atoms with E-state index in [0.717, 1.165) is 58.0 Å². The van der Waals surface area contributed by atoms with Gasteiger partial charge in [0.25, 0.3) is 0 Å². The molecule has 0 amide bonds. The van der Waals surface area contributed by atoms with Crippen molar-refractivity contribution < 1.29 is 123 Å². The van der Waals surface area contributed by atoms with Gasteiger partial charge in [0.1, 0.15) is 104 Å². The molecule has 25 heteroatoms. The molecular weight excluding hydrogens is 1060 g/mol. The lowest BCUT2D eigenvalue weighted by Gasteiger charge is -2.61. The molecule has 25 nitrogen and oxygen atoms in total. The van der Waals surface area contributed by atoms with Crippen LogP contribution in [0.15, 0.2) is 0 Å². The van der Waals surface area contributed by atoms with E-state index in [1.165, 1.54) is 6.92 Å². The third-order valence-corrected chi connectivity index (χ3v) is 21.7. The molecule has 7 aliphatic heterocycles. The van der Waals surface area contributed by atoms with Gasteiger partial charge in [-0.05, 0) is 111 Å². The van der Waals surface area contributed by atoms with E-state index in [-0.39, 0.29) is 22.9 Å². The maximum atomic E-state index is 12.6. The lowest BCUT2D eigenvalue weighted by atomic mass is 9.44. The largest absolute Gasteiger partial charge is 0.394 e. The summed E-state index contributed by atoms with van der Waals surface area (Å²) in [6.45, 7) is 8.99. The molecular formula is C55H90O25. The van der Waals surface area contributed by atoms with Gasteiger partial charge in [-0.25, -0.2) is 0 Å². The summed E-state index contributed by atoms with van der Waals surface area (Å²) in [6.07, 6.45) is -29.8. The van der Waals surface area contributed by atoms with E-state index in [1.54, 1.807) is 0 Å². The van der Waals surface area contributed by atoms with E-state index in [0.29, 0.717) is 48.3 Å². The summed E-state index contributed by atoms with van der Waals surface area (Å²) in [4.78, 5) is 0. The number of fused-ring (bicyclic) bond motifs is 7. The van der Waals surface area contributed by atoms with Gasteiger partial charge in [0, 0.05) is 12.3 Å². The Hall–Kier alpha value is -1.00. The van der Waals surface area contributed by atoms with Crippen LogP contribution in [0.2, 0.25) is 0 Å². The summed E-state index contributed by atoms with van der Waals surface area (Å²) < 4.78 is 74.8.